The van der Waals surface area contributed by atoms with Gasteiger partial charge in [-0.1, -0.05) is 25.1 Å². The number of fused-ring (bicyclic) bond motifs is 4. The first-order valence-electron chi connectivity index (χ1n) is 29.1. The second kappa shape index (κ2) is 21.7. The van der Waals surface area contributed by atoms with Crippen LogP contribution in [0.1, 0.15) is 121 Å². The number of carbonyl (C=O) groups is 1. The number of alkyl halides is 1. The summed E-state index contributed by atoms with van der Waals surface area (Å²) >= 11 is 0. The van der Waals surface area contributed by atoms with Crippen molar-refractivity contribution in [3.05, 3.63) is 94.2 Å². The highest BCUT2D eigenvalue weighted by Crippen LogP contribution is 2.59. The van der Waals surface area contributed by atoms with E-state index in [9.17, 15) is 37.7 Å². The fourth-order valence-corrected chi connectivity index (χ4v) is 16.2. The lowest BCUT2D eigenvalue weighted by Gasteiger charge is -2.64. The van der Waals surface area contributed by atoms with Gasteiger partial charge in [0.05, 0.1) is 64.1 Å². The standard InChI is InChI=1S/C59H74FN8O14PS/c1-35(2)80-48-10-8-7-9-40(48)47-32-78-26-21-56(4,5)67(47)46-31-58(36(46)3)19-23-65(24-20-58)38-11-12-41(43(28-38)66-42-14-25-77-33-50(42)81-55-45(66)27-37-13-22-61-53(37)63-55)54(69)64-84(75,76)39-29-44(68(70)71)52-49(30-39)79-34-51(62-52)59(60)17-15-57(6,16-18-59)82-83(72,73)74/h7-13,22,27-30,35-36,42,46-47,50-51,62H,14-21,23-26,31-34H2,1-6H3,(H,61,63)(H,64,69)(H2,72,73,74)/t36-,42+,46+,47+,50+,51+,57?,59?/m1/s1. The van der Waals surface area contributed by atoms with Crippen molar-refractivity contribution in [2.75, 3.05) is 61.2 Å². The third kappa shape index (κ3) is 10.9. The van der Waals surface area contributed by atoms with Crippen LogP contribution in [0.4, 0.5) is 32.8 Å². The minimum Gasteiger partial charge on any atom is -0.491 e. The van der Waals surface area contributed by atoms with Crippen LogP contribution in [-0.4, -0.2) is 137 Å². The molecule has 84 heavy (non-hydrogen) atoms. The first-order chi connectivity index (χ1) is 39.8. The number of ether oxygens (including phenoxy) is 5. The predicted octanol–water partition coefficient (Wildman–Crippen LogP) is 9.63. The molecule has 2 aliphatic carbocycles. The molecule has 7 aliphatic rings. The number of aromatic nitrogens is 2. The fraction of sp³-hybridized carbons (Fsp3) is 0.559. The van der Waals surface area contributed by atoms with Crippen LogP contribution >= 0.6 is 7.82 Å². The van der Waals surface area contributed by atoms with Crippen molar-refractivity contribution in [3.8, 4) is 17.4 Å². The monoisotopic (exact) mass is 1200 g/mol. The third-order valence-corrected chi connectivity index (χ3v) is 21.1. The van der Waals surface area contributed by atoms with Gasteiger partial charge >= 0.3 is 7.82 Å². The Labute approximate surface area is 487 Å². The number of phosphoric acid groups is 1. The molecule has 12 rings (SSSR count). The molecular formula is C59H74FN8O14PS. The maximum absolute atomic E-state index is 16.7. The Hall–Kier alpha value is -6.11. The van der Waals surface area contributed by atoms with Crippen molar-refractivity contribution in [2.24, 2.45) is 11.3 Å². The van der Waals surface area contributed by atoms with Gasteiger partial charge in [0.1, 0.15) is 35.5 Å². The summed E-state index contributed by atoms with van der Waals surface area (Å²) in [5.74, 6) is 0.314. The van der Waals surface area contributed by atoms with Gasteiger partial charge < -0.3 is 53.6 Å². The number of hydrogen-bond donors (Lipinski definition) is 5. The number of rotatable bonds is 13. The quantitative estimate of drug-likeness (QED) is 0.0417. The molecule has 5 fully saturated rings. The number of carbonyl (C=O) groups excluding carboxylic acids is 1. The molecule has 1 amide bonds. The lowest BCUT2D eigenvalue weighted by atomic mass is 9.52. The number of pyridine rings is 1. The molecule has 0 bridgehead atoms. The normalized spacial score (nSPS) is 28.6. The third-order valence-electron chi connectivity index (χ3n) is 19.2. The van der Waals surface area contributed by atoms with Crippen molar-refractivity contribution in [2.45, 2.75) is 157 Å². The average Bonchev–Trinajstić information content (AvgIpc) is 1.09. The van der Waals surface area contributed by atoms with Crippen molar-refractivity contribution in [3.63, 3.8) is 0 Å². The average molecular weight is 1200 g/mol. The Balaban J connectivity index is 0.831. The number of piperidine rings is 1. The second-order valence-corrected chi connectivity index (χ2v) is 28.0. The van der Waals surface area contributed by atoms with E-state index in [0.29, 0.717) is 61.1 Å². The maximum atomic E-state index is 16.7. The van der Waals surface area contributed by atoms with Gasteiger partial charge in [0.25, 0.3) is 21.6 Å². The number of nitro groups is 1. The summed E-state index contributed by atoms with van der Waals surface area (Å²) in [6.45, 7) is 15.7. The minimum absolute atomic E-state index is 0.00808. The molecule has 6 atom stereocenters. The van der Waals surface area contributed by atoms with E-state index in [2.05, 4.69) is 77.6 Å². The molecule has 0 radical (unpaired) electrons. The van der Waals surface area contributed by atoms with Gasteiger partial charge in [0, 0.05) is 72.9 Å². The summed E-state index contributed by atoms with van der Waals surface area (Å²) in [5.41, 5.74) is -0.839. The number of benzene rings is 3. The van der Waals surface area contributed by atoms with Crippen LogP contribution in [-0.2, 0) is 28.6 Å². The molecule has 3 aromatic carbocycles. The zero-order valence-corrected chi connectivity index (χ0v) is 49.8. The topological polar surface area (TPSA) is 270 Å². The lowest BCUT2D eigenvalue weighted by molar-refractivity contribution is -0.384. The first-order valence-corrected chi connectivity index (χ1v) is 32.1. The van der Waals surface area contributed by atoms with Gasteiger partial charge in [-0.05, 0) is 140 Å². The van der Waals surface area contributed by atoms with E-state index in [4.69, 9.17) is 33.2 Å². The molecular weight excluding hydrogens is 1130 g/mol. The largest absolute Gasteiger partial charge is 0.491 e. The van der Waals surface area contributed by atoms with Crippen molar-refractivity contribution in [1.82, 2.24) is 19.6 Å². The fourth-order valence-electron chi connectivity index (χ4n) is 14.4. The van der Waals surface area contributed by atoms with Crippen LogP contribution in [0.5, 0.6) is 17.4 Å². The summed E-state index contributed by atoms with van der Waals surface area (Å²) < 4.78 is 95.7. The molecule has 5 aliphatic heterocycles. The molecule has 0 unspecified atom stereocenters. The number of aromatic amines is 1. The molecule has 5 N–H and O–H groups in total. The number of H-pyrrole nitrogens is 1. The highest BCUT2D eigenvalue weighted by Gasteiger charge is 2.58. The van der Waals surface area contributed by atoms with Gasteiger partial charge in [-0.25, -0.2) is 22.1 Å². The molecule has 5 aromatic rings. The number of anilines is 4. The van der Waals surface area contributed by atoms with E-state index in [1.165, 1.54) is 6.92 Å². The van der Waals surface area contributed by atoms with Crippen LogP contribution in [0.2, 0.25) is 0 Å². The highest BCUT2D eigenvalue weighted by molar-refractivity contribution is 7.90. The van der Waals surface area contributed by atoms with E-state index in [0.717, 1.165) is 73.3 Å². The smallest absolute Gasteiger partial charge is 0.470 e. The summed E-state index contributed by atoms with van der Waals surface area (Å²) in [5, 5.41) is 16.4. The second-order valence-electron chi connectivity index (χ2n) is 25.1. The summed E-state index contributed by atoms with van der Waals surface area (Å²) in [6, 6.07) is 18.2. The van der Waals surface area contributed by atoms with Gasteiger partial charge in [0.15, 0.2) is 11.4 Å². The van der Waals surface area contributed by atoms with Crippen molar-refractivity contribution < 1.29 is 65.1 Å². The number of nitrogens with zero attached hydrogens (tertiary/aromatic N) is 5. The van der Waals surface area contributed by atoms with Gasteiger partial charge in [0.2, 0.25) is 5.88 Å². The van der Waals surface area contributed by atoms with E-state index in [-0.39, 0.29) is 85.0 Å². The van der Waals surface area contributed by atoms with Crippen LogP contribution in [0, 0.1) is 21.4 Å². The Morgan fingerprint density at radius 1 is 0.940 bits per heavy atom. The van der Waals surface area contributed by atoms with Crippen LogP contribution < -0.4 is 34.0 Å². The molecule has 3 saturated heterocycles. The number of para-hydroxylation sites is 1. The molecule has 7 heterocycles. The Morgan fingerprint density at radius 3 is 2.42 bits per heavy atom. The molecule has 452 valence electrons. The predicted molar refractivity (Wildman–Crippen MR) is 311 cm³/mol. The summed E-state index contributed by atoms with van der Waals surface area (Å²) in [6.07, 6.45) is 5.02. The van der Waals surface area contributed by atoms with Gasteiger partial charge in [-0.3, -0.25) is 24.3 Å². The van der Waals surface area contributed by atoms with Crippen LogP contribution in [0.3, 0.4) is 0 Å². The zero-order valence-electron chi connectivity index (χ0n) is 48.0. The van der Waals surface area contributed by atoms with E-state index in [1.807, 2.05) is 35.2 Å². The Kier molecular flexibility index (Phi) is 15.0. The molecule has 22 nitrogen and oxygen atoms in total. The number of hydrogen-bond acceptors (Lipinski definition) is 17. The molecule has 2 aromatic heterocycles. The Bertz CT molecular complexity index is 3530. The number of halogens is 1. The number of amides is 1. The summed E-state index contributed by atoms with van der Waals surface area (Å²) in [4.78, 5) is 60.2. The maximum Gasteiger partial charge on any atom is 0.470 e. The Morgan fingerprint density at radius 2 is 1.69 bits per heavy atom. The van der Waals surface area contributed by atoms with Crippen molar-refractivity contribution >= 4 is 63.2 Å². The molecule has 25 heteroatoms. The van der Waals surface area contributed by atoms with E-state index >= 15 is 4.39 Å². The first kappa shape index (κ1) is 58.3. The van der Waals surface area contributed by atoms with E-state index < -0.39 is 62.7 Å². The van der Waals surface area contributed by atoms with Crippen LogP contribution in [0.15, 0.2) is 77.8 Å². The zero-order chi connectivity index (χ0) is 59.3. The number of phosphoric ester groups is 1. The summed E-state index contributed by atoms with van der Waals surface area (Å²) in [7, 11) is -9.77. The van der Waals surface area contributed by atoms with Crippen LogP contribution in [0.25, 0.3) is 11.0 Å². The van der Waals surface area contributed by atoms with E-state index in [1.54, 1.807) is 12.3 Å². The molecule has 1 spiro atoms. The highest BCUT2D eigenvalue weighted by atomic mass is 32.2. The lowest BCUT2D eigenvalue weighted by Crippen LogP contribution is -2.65. The molecule has 2 saturated carbocycles. The minimum atomic E-state index is -4.89. The number of nitrogens with one attached hydrogen (secondary N) is 3. The van der Waals surface area contributed by atoms with Gasteiger partial charge in [-0.2, -0.15) is 4.98 Å². The number of sulfonamides is 1. The van der Waals surface area contributed by atoms with Crippen molar-refractivity contribution in [1.29, 1.82) is 0 Å². The number of nitro benzene ring substituents is 1. The SMILES string of the molecule is CC(C)Oc1ccccc1[C@@H]1COCCC(C)(C)N1[C@H]1CC2(CCN(c3ccc(C(=O)NS(=O)(=O)c4cc5c(c([N+](=O)[O-])c4)N[C@H](C4(F)CCC(C)(OP(=O)(O)O)CC4)CO5)c(N4c5cc6cc[nH]c6nc5O[C@H]5COCC[C@@H]54)c3)CC2)[C@@H]1C. The van der Waals surface area contributed by atoms with Gasteiger partial charge in [-0.15, -0.1) is 0 Å².